The van der Waals surface area contributed by atoms with E-state index < -0.39 is 5.91 Å². The summed E-state index contributed by atoms with van der Waals surface area (Å²) in [6, 6.07) is 3.40. The quantitative estimate of drug-likeness (QED) is 0.878. The molecule has 22 heavy (non-hydrogen) atoms. The van der Waals surface area contributed by atoms with E-state index in [1.54, 1.807) is 6.07 Å². The van der Waals surface area contributed by atoms with E-state index in [1.807, 2.05) is 4.90 Å². The van der Waals surface area contributed by atoms with Crippen molar-refractivity contribution in [2.75, 3.05) is 13.1 Å². The Hall–Kier alpha value is -2.11. The number of pyridine rings is 1. The fourth-order valence-electron chi connectivity index (χ4n) is 3.41. The molecule has 6 nitrogen and oxygen atoms in total. The monoisotopic (exact) mass is 303 g/mol. The Labute approximate surface area is 129 Å². The van der Waals surface area contributed by atoms with Crippen molar-refractivity contribution in [1.82, 2.24) is 15.2 Å². The number of carbonyl (C=O) groups excluding carboxylic acids is 2. The molecule has 1 aromatic rings. The van der Waals surface area contributed by atoms with Gasteiger partial charge in [0, 0.05) is 37.7 Å². The number of aromatic hydroxyl groups is 1. The molecule has 1 aromatic heterocycles. The average molecular weight is 303 g/mol. The number of amides is 2. The summed E-state index contributed by atoms with van der Waals surface area (Å²) in [4.78, 5) is 30.0. The van der Waals surface area contributed by atoms with Crippen molar-refractivity contribution in [3.05, 3.63) is 24.0 Å². The van der Waals surface area contributed by atoms with Gasteiger partial charge < -0.3 is 15.3 Å². The van der Waals surface area contributed by atoms with Crippen molar-refractivity contribution < 1.29 is 14.7 Å². The number of hydrogen-bond acceptors (Lipinski definition) is 4. The molecule has 2 N–H and O–H groups in total. The molecule has 118 valence electrons. The maximum absolute atomic E-state index is 12.1. The number of nitrogens with one attached hydrogen (secondary N) is 1. The number of likely N-dealkylation sites (tertiary alicyclic amines) is 1. The minimum Gasteiger partial charge on any atom is -0.505 e. The second kappa shape index (κ2) is 6.34. The predicted molar refractivity (Wildman–Crippen MR) is 80.3 cm³/mol. The first kappa shape index (κ1) is 14.8. The molecule has 0 unspecified atom stereocenters. The van der Waals surface area contributed by atoms with Gasteiger partial charge in [-0.2, -0.15) is 0 Å². The van der Waals surface area contributed by atoms with E-state index in [4.69, 9.17) is 0 Å². The van der Waals surface area contributed by atoms with Crippen LogP contribution in [-0.2, 0) is 4.79 Å². The molecule has 2 aliphatic rings. The molecule has 0 aromatic carbocycles. The van der Waals surface area contributed by atoms with Crippen LogP contribution in [0.5, 0.6) is 5.75 Å². The largest absolute Gasteiger partial charge is 0.505 e. The van der Waals surface area contributed by atoms with Gasteiger partial charge in [0.05, 0.1) is 0 Å². The highest BCUT2D eigenvalue weighted by Crippen LogP contribution is 2.29. The number of hydrogen-bond donors (Lipinski definition) is 2. The molecule has 2 heterocycles. The van der Waals surface area contributed by atoms with E-state index in [2.05, 4.69) is 10.3 Å². The van der Waals surface area contributed by atoms with Crippen molar-refractivity contribution in [1.29, 1.82) is 0 Å². The topological polar surface area (TPSA) is 82.5 Å². The van der Waals surface area contributed by atoms with E-state index in [9.17, 15) is 14.7 Å². The van der Waals surface area contributed by atoms with Gasteiger partial charge in [-0.25, -0.2) is 4.98 Å². The molecule has 2 fully saturated rings. The van der Waals surface area contributed by atoms with Gasteiger partial charge in [0.15, 0.2) is 5.69 Å². The summed E-state index contributed by atoms with van der Waals surface area (Å²) < 4.78 is 0. The van der Waals surface area contributed by atoms with Gasteiger partial charge in [-0.05, 0) is 25.0 Å². The van der Waals surface area contributed by atoms with Crippen molar-refractivity contribution in [2.45, 2.75) is 38.1 Å². The third kappa shape index (κ3) is 3.05. The first-order valence-corrected chi connectivity index (χ1v) is 7.87. The smallest absolute Gasteiger partial charge is 0.273 e. The van der Waals surface area contributed by atoms with Gasteiger partial charge >= 0.3 is 0 Å². The molecule has 0 radical (unpaired) electrons. The summed E-state index contributed by atoms with van der Waals surface area (Å²) in [6.07, 6.45) is 6.57. The first-order chi connectivity index (χ1) is 10.6. The van der Waals surface area contributed by atoms with Gasteiger partial charge in [0.25, 0.3) is 5.91 Å². The van der Waals surface area contributed by atoms with Crippen LogP contribution < -0.4 is 5.32 Å². The molecule has 6 heteroatoms. The Morgan fingerprint density at radius 2 is 2.18 bits per heavy atom. The second-order valence-electron chi connectivity index (χ2n) is 6.14. The van der Waals surface area contributed by atoms with E-state index >= 15 is 0 Å². The van der Waals surface area contributed by atoms with Gasteiger partial charge in [-0.3, -0.25) is 9.59 Å². The Bertz CT molecular complexity index is 570. The van der Waals surface area contributed by atoms with Crippen LogP contribution in [-0.4, -0.2) is 45.9 Å². The van der Waals surface area contributed by atoms with E-state index in [-0.39, 0.29) is 23.3 Å². The van der Waals surface area contributed by atoms with E-state index in [0.29, 0.717) is 19.0 Å². The van der Waals surface area contributed by atoms with Gasteiger partial charge in [0.2, 0.25) is 5.91 Å². The lowest BCUT2D eigenvalue weighted by Crippen LogP contribution is -2.36. The molecule has 3 rings (SSSR count). The summed E-state index contributed by atoms with van der Waals surface area (Å²) in [5, 5.41) is 12.4. The highest BCUT2D eigenvalue weighted by atomic mass is 16.3. The van der Waals surface area contributed by atoms with E-state index in [1.165, 1.54) is 25.1 Å². The molecule has 1 saturated heterocycles. The third-order valence-corrected chi connectivity index (χ3v) is 4.56. The highest BCUT2D eigenvalue weighted by molar-refractivity contribution is 5.94. The van der Waals surface area contributed by atoms with Crippen LogP contribution in [0, 0.1) is 5.92 Å². The molecular weight excluding hydrogens is 282 g/mol. The van der Waals surface area contributed by atoms with Crippen LogP contribution in [0.1, 0.15) is 42.6 Å². The van der Waals surface area contributed by atoms with Crippen LogP contribution >= 0.6 is 0 Å². The Morgan fingerprint density at radius 3 is 2.91 bits per heavy atom. The van der Waals surface area contributed by atoms with Crippen LogP contribution in [0.4, 0.5) is 0 Å². The fourth-order valence-corrected chi connectivity index (χ4v) is 3.41. The number of nitrogens with zero attached hydrogens (tertiary/aromatic N) is 2. The van der Waals surface area contributed by atoms with Gasteiger partial charge in [-0.15, -0.1) is 0 Å². The van der Waals surface area contributed by atoms with Gasteiger partial charge in [0.1, 0.15) is 5.75 Å². The number of rotatable bonds is 4. The van der Waals surface area contributed by atoms with Crippen LogP contribution in [0.15, 0.2) is 18.3 Å². The minimum absolute atomic E-state index is 0.0273. The lowest BCUT2D eigenvalue weighted by Gasteiger charge is -2.24. The SMILES string of the molecule is O=C(NC[C@@H]1CC(=O)N(C2CCCC2)C1)c1ncccc1O. The highest BCUT2D eigenvalue weighted by Gasteiger charge is 2.35. The zero-order valence-electron chi connectivity index (χ0n) is 12.5. The standard InChI is InChI=1S/C16H21N3O3/c20-13-6-3-7-17-15(13)16(22)18-9-11-8-14(21)19(10-11)12-4-1-2-5-12/h3,6-7,11-12,20H,1-2,4-5,8-10H2,(H,18,22)/t11-/m0/s1. The summed E-state index contributed by atoms with van der Waals surface area (Å²) in [7, 11) is 0. The molecule has 0 spiro atoms. The molecule has 1 saturated carbocycles. The van der Waals surface area contributed by atoms with E-state index in [0.717, 1.165) is 19.4 Å². The number of aromatic nitrogens is 1. The van der Waals surface area contributed by atoms with Crippen molar-refractivity contribution in [3.8, 4) is 5.75 Å². The van der Waals surface area contributed by atoms with Crippen molar-refractivity contribution >= 4 is 11.8 Å². The maximum Gasteiger partial charge on any atom is 0.273 e. The Morgan fingerprint density at radius 1 is 1.41 bits per heavy atom. The predicted octanol–water partition coefficient (Wildman–Crippen LogP) is 1.31. The van der Waals surface area contributed by atoms with Crippen molar-refractivity contribution in [2.24, 2.45) is 5.92 Å². The zero-order chi connectivity index (χ0) is 15.5. The van der Waals surface area contributed by atoms with Crippen LogP contribution in [0.25, 0.3) is 0 Å². The first-order valence-electron chi connectivity index (χ1n) is 7.87. The normalized spacial score (nSPS) is 22.3. The Balaban J connectivity index is 1.53. The minimum atomic E-state index is -0.398. The maximum atomic E-state index is 12.1. The second-order valence-corrected chi connectivity index (χ2v) is 6.14. The summed E-state index contributed by atoms with van der Waals surface area (Å²) >= 11 is 0. The summed E-state index contributed by atoms with van der Waals surface area (Å²) in [5.41, 5.74) is 0.0273. The molecule has 1 atom stereocenters. The van der Waals surface area contributed by atoms with Gasteiger partial charge in [-0.1, -0.05) is 12.8 Å². The van der Waals surface area contributed by atoms with Crippen LogP contribution in [0.2, 0.25) is 0 Å². The summed E-state index contributed by atoms with van der Waals surface area (Å²) in [6.45, 7) is 1.15. The van der Waals surface area contributed by atoms with Crippen molar-refractivity contribution in [3.63, 3.8) is 0 Å². The zero-order valence-corrected chi connectivity index (χ0v) is 12.5. The molecular formula is C16H21N3O3. The lowest BCUT2D eigenvalue weighted by atomic mass is 10.1. The number of carbonyl (C=O) groups is 2. The third-order valence-electron chi connectivity index (χ3n) is 4.56. The molecule has 1 aliphatic heterocycles. The molecule has 0 bridgehead atoms. The van der Waals surface area contributed by atoms with Crippen LogP contribution in [0.3, 0.4) is 0 Å². The lowest BCUT2D eigenvalue weighted by molar-refractivity contribution is -0.129. The average Bonchev–Trinajstić information content (AvgIpc) is 3.14. The summed E-state index contributed by atoms with van der Waals surface area (Å²) in [5.74, 6) is -0.185. The molecule has 2 amide bonds. The fraction of sp³-hybridized carbons (Fsp3) is 0.562. The molecule has 1 aliphatic carbocycles. The Kier molecular flexibility index (Phi) is 4.27.